The average molecular weight is 310 g/mol. The Morgan fingerprint density at radius 2 is 2.43 bits per heavy atom. The molecule has 0 bridgehead atoms. The van der Waals surface area contributed by atoms with E-state index in [0.29, 0.717) is 6.42 Å². The smallest absolute Gasteiger partial charge is 0.226 e. The predicted octanol–water partition coefficient (Wildman–Crippen LogP) is 2.31. The highest BCUT2D eigenvalue weighted by atomic mass is 32.1. The summed E-state index contributed by atoms with van der Waals surface area (Å²) >= 11 is 1.52. The Morgan fingerprint density at radius 3 is 3.19 bits per heavy atom. The molecular weight excluding hydrogens is 284 g/mol. The van der Waals surface area contributed by atoms with Gasteiger partial charge in [-0.1, -0.05) is 6.92 Å². The van der Waals surface area contributed by atoms with Gasteiger partial charge in [-0.15, -0.1) is 11.3 Å². The van der Waals surface area contributed by atoms with E-state index in [1.165, 1.54) is 24.2 Å². The lowest BCUT2D eigenvalue weighted by Gasteiger charge is -2.30. The van der Waals surface area contributed by atoms with Gasteiger partial charge >= 0.3 is 0 Å². The normalized spacial score (nSPS) is 19.6. The lowest BCUT2D eigenvalue weighted by atomic mass is 10.0. The summed E-state index contributed by atoms with van der Waals surface area (Å²) in [6, 6.07) is 0. The van der Waals surface area contributed by atoms with Crippen molar-refractivity contribution >= 4 is 22.4 Å². The number of amides is 1. The van der Waals surface area contributed by atoms with E-state index < -0.39 is 0 Å². The monoisotopic (exact) mass is 310 g/mol. The Labute approximate surface area is 131 Å². The Hall–Kier alpha value is -0.980. The summed E-state index contributed by atoms with van der Waals surface area (Å²) in [6.07, 6.45) is 4.01. The van der Waals surface area contributed by atoms with Crippen LogP contribution in [-0.4, -0.2) is 42.5 Å². The Kier molecular flexibility index (Phi) is 6.60. The largest absolute Gasteiger partial charge is 0.320 e. The van der Waals surface area contributed by atoms with Crippen LogP contribution in [0.4, 0.5) is 5.13 Å². The van der Waals surface area contributed by atoms with Gasteiger partial charge in [0.05, 0.1) is 5.69 Å². The average Bonchev–Trinajstić information content (AvgIpc) is 2.86. The van der Waals surface area contributed by atoms with Crippen molar-refractivity contribution in [1.29, 1.82) is 0 Å². The molecular formula is C15H26N4OS. The Bertz CT molecular complexity index is 449. The molecule has 0 aromatic carbocycles. The van der Waals surface area contributed by atoms with Gasteiger partial charge in [-0.2, -0.15) is 0 Å². The van der Waals surface area contributed by atoms with E-state index in [-0.39, 0.29) is 5.91 Å². The Balaban J connectivity index is 1.77. The highest BCUT2D eigenvalue weighted by Crippen LogP contribution is 2.21. The van der Waals surface area contributed by atoms with Crippen LogP contribution < -0.4 is 10.6 Å². The van der Waals surface area contributed by atoms with E-state index in [4.69, 9.17) is 0 Å². The molecule has 2 N–H and O–H groups in total. The number of aromatic nitrogens is 1. The number of nitrogens with one attached hydrogen (secondary N) is 2. The van der Waals surface area contributed by atoms with E-state index in [0.717, 1.165) is 49.3 Å². The van der Waals surface area contributed by atoms with Crippen molar-refractivity contribution in [1.82, 2.24) is 15.2 Å². The number of carbonyl (C=O) groups is 1. The highest BCUT2D eigenvalue weighted by molar-refractivity contribution is 7.13. The molecule has 5 nitrogen and oxygen atoms in total. The van der Waals surface area contributed by atoms with Gasteiger partial charge in [-0.05, 0) is 45.3 Å². The van der Waals surface area contributed by atoms with Gasteiger partial charge in [0, 0.05) is 24.9 Å². The molecule has 0 aliphatic carbocycles. The molecule has 6 heteroatoms. The first-order chi connectivity index (χ1) is 10.2. The first kappa shape index (κ1) is 16.4. The van der Waals surface area contributed by atoms with Crippen LogP contribution in [0.5, 0.6) is 0 Å². The van der Waals surface area contributed by atoms with Crippen molar-refractivity contribution < 1.29 is 4.79 Å². The summed E-state index contributed by atoms with van der Waals surface area (Å²) in [7, 11) is 1.90. The minimum absolute atomic E-state index is 0.0535. The van der Waals surface area contributed by atoms with Crippen LogP contribution in [0.25, 0.3) is 0 Å². The molecule has 118 valence electrons. The minimum Gasteiger partial charge on any atom is -0.320 e. The number of rotatable bonds is 7. The Morgan fingerprint density at radius 1 is 1.57 bits per heavy atom. The maximum absolute atomic E-state index is 11.7. The van der Waals surface area contributed by atoms with Gasteiger partial charge in [0.15, 0.2) is 5.13 Å². The van der Waals surface area contributed by atoms with Gasteiger partial charge in [0.2, 0.25) is 5.91 Å². The number of carbonyl (C=O) groups excluding carboxylic acids is 1. The van der Waals surface area contributed by atoms with E-state index in [9.17, 15) is 4.79 Å². The van der Waals surface area contributed by atoms with Gasteiger partial charge < -0.3 is 10.6 Å². The predicted molar refractivity (Wildman–Crippen MR) is 87.6 cm³/mol. The number of hydrogen-bond acceptors (Lipinski definition) is 5. The molecule has 0 spiro atoms. The molecule has 0 radical (unpaired) electrons. The van der Waals surface area contributed by atoms with Crippen LogP contribution in [0.3, 0.4) is 0 Å². The third kappa shape index (κ3) is 5.73. The maximum atomic E-state index is 11.7. The van der Waals surface area contributed by atoms with Crippen molar-refractivity contribution in [2.45, 2.75) is 39.2 Å². The van der Waals surface area contributed by atoms with Crippen molar-refractivity contribution in [3.63, 3.8) is 0 Å². The van der Waals surface area contributed by atoms with Crippen molar-refractivity contribution in [2.75, 3.05) is 32.0 Å². The first-order valence-electron chi connectivity index (χ1n) is 7.78. The summed E-state index contributed by atoms with van der Waals surface area (Å²) in [5, 5.41) is 8.72. The standard InChI is InChI=1S/C15H26N4OS/c1-12-5-4-8-19(9-12)10-13-11-21-15(17-13)18-14(20)6-3-7-16-2/h11-12,16H,3-10H2,1-2H3,(H,17,18,20). The van der Waals surface area contributed by atoms with Crippen molar-refractivity contribution in [3.8, 4) is 0 Å². The van der Waals surface area contributed by atoms with E-state index in [1.807, 2.05) is 7.05 Å². The van der Waals surface area contributed by atoms with Gasteiger partial charge in [-0.25, -0.2) is 4.98 Å². The molecule has 0 saturated carbocycles. The number of nitrogens with zero attached hydrogens (tertiary/aromatic N) is 2. The number of likely N-dealkylation sites (tertiary alicyclic amines) is 1. The minimum atomic E-state index is 0.0535. The fourth-order valence-corrected chi connectivity index (χ4v) is 3.42. The second kappa shape index (κ2) is 8.46. The summed E-state index contributed by atoms with van der Waals surface area (Å²) in [6.45, 7) is 6.39. The first-order valence-corrected chi connectivity index (χ1v) is 8.66. The molecule has 1 aromatic rings. The number of piperidine rings is 1. The molecule has 1 saturated heterocycles. The highest BCUT2D eigenvalue weighted by Gasteiger charge is 2.17. The van der Waals surface area contributed by atoms with Crippen molar-refractivity contribution in [3.05, 3.63) is 11.1 Å². The van der Waals surface area contributed by atoms with E-state index in [1.54, 1.807) is 0 Å². The SMILES string of the molecule is CNCCCC(=O)Nc1nc(CN2CCCC(C)C2)cs1. The molecule has 2 rings (SSSR count). The van der Waals surface area contributed by atoms with E-state index in [2.05, 4.69) is 32.8 Å². The lowest BCUT2D eigenvalue weighted by molar-refractivity contribution is -0.116. The molecule has 1 unspecified atom stereocenters. The molecule has 21 heavy (non-hydrogen) atoms. The number of thiazole rings is 1. The quantitative estimate of drug-likeness (QED) is 0.759. The summed E-state index contributed by atoms with van der Waals surface area (Å²) in [4.78, 5) is 18.7. The van der Waals surface area contributed by atoms with Crippen LogP contribution in [0, 0.1) is 5.92 Å². The van der Waals surface area contributed by atoms with Crippen LogP contribution >= 0.6 is 11.3 Å². The van der Waals surface area contributed by atoms with E-state index >= 15 is 0 Å². The second-order valence-electron chi connectivity index (χ2n) is 5.88. The van der Waals surface area contributed by atoms with Crippen LogP contribution in [0.1, 0.15) is 38.3 Å². The van der Waals surface area contributed by atoms with Crippen LogP contribution in [0.2, 0.25) is 0 Å². The molecule has 1 aliphatic rings. The third-order valence-corrected chi connectivity index (χ3v) is 4.56. The third-order valence-electron chi connectivity index (χ3n) is 3.76. The number of hydrogen-bond donors (Lipinski definition) is 2. The summed E-state index contributed by atoms with van der Waals surface area (Å²) in [5.41, 5.74) is 1.07. The molecule has 1 atom stereocenters. The zero-order valence-electron chi connectivity index (χ0n) is 13.0. The molecule has 1 aromatic heterocycles. The summed E-state index contributed by atoms with van der Waals surface area (Å²) in [5.74, 6) is 0.835. The zero-order valence-corrected chi connectivity index (χ0v) is 13.8. The number of anilines is 1. The molecule has 1 amide bonds. The topological polar surface area (TPSA) is 57.3 Å². The van der Waals surface area contributed by atoms with Gasteiger partial charge in [0.25, 0.3) is 0 Å². The van der Waals surface area contributed by atoms with Gasteiger partial charge in [0.1, 0.15) is 0 Å². The fourth-order valence-electron chi connectivity index (χ4n) is 2.70. The lowest BCUT2D eigenvalue weighted by Crippen LogP contribution is -2.33. The fraction of sp³-hybridized carbons (Fsp3) is 0.733. The van der Waals surface area contributed by atoms with Gasteiger partial charge in [-0.3, -0.25) is 9.69 Å². The van der Waals surface area contributed by atoms with Crippen molar-refractivity contribution in [2.24, 2.45) is 5.92 Å². The molecule has 1 aliphatic heterocycles. The molecule has 1 fully saturated rings. The molecule has 2 heterocycles. The summed E-state index contributed by atoms with van der Waals surface area (Å²) < 4.78 is 0. The zero-order chi connectivity index (χ0) is 15.1. The maximum Gasteiger partial charge on any atom is 0.226 e. The van der Waals surface area contributed by atoms with Crippen LogP contribution in [-0.2, 0) is 11.3 Å². The van der Waals surface area contributed by atoms with Crippen LogP contribution in [0.15, 0.2) is 5.38 Å². The second-order valence-corrected chi connectivity index (χ2v) is 6.74.